The molecule has 38 heavy (non-hydrogen) atoms. The highest BCUT2D eigenvalue weighted by Gasteiger charge is 2.25. The second-order valence-corrected chi connectivity index (χ2v) is 10.4. The lowest BCUT2D eigenvalue weighted by Gasteiger charge is -2.31. The molecule has 2 aliphatic heterocycles. The molecule has 1 aromatic heterocycles. The molecule has 3 heterocycles. The van der Waals surface area contributed by atoms with Crippen molar-refractivity contribution >= 4 is 5.97 Å². The maximum Gasteiger partial charge on any atom is 0.342 e. The van der Waals surface area contributed by atoms with E-state index in [-0.39, 0.29) is 12.1 Å². The third-order valence-corrected chi connectivity index (χ3v) is 7.64. The van der Waals surface area contributed by atoms with Gasteiger partial charge in [-0.05, 0) is 62.1 Å². The van der Waals surface area contributed by atoms with Gasteiger partial charge in [0, 0.05) is 32.3 Å². The van der Waals surface area contributed by atoms with Gasteiger partial charge in [0.2, 0.25) is 0 Å². The van der Waals surface area contributed by atoms with Gasteiger partial charge in [0.05, 0.1) is 18.8 Å². The Morgan fingerprint density at radius 3 is 2.66 bits per heavy atom. The number of allylic oxidation sites excluding steroid dienone is 2. The van der Waals surface area contributed by atoms with Crippen LogP contribution in [-0.4, -0.2) is 52.2 Å². The van der Waals surface area contributed by atoms with E-state index in [0.717, 1.165) is 69.4 Å². The highest BCUT2D eigenvalue weighted by molar-refractivity contribution is 5.94. The number of nitrogens with zero attached hydrogens (tertiary/aromatic N) is 4. The Labute approximate surface area is 225 Å². The van der Waals surface area contributed by atoms with Crippen LogP contribution in [0.25, 0.3) is 0 Å². The molecule has 7 nitrogen and oxygen atoms in total. The zero-order valence-corrected chi connectivity index (χ0v) is 22.3. The van der Waals surface area contributed by atoms with Gasteiger partial charge in [0.15, 0.2) is 0 Å². The molecule has 1 atom stereocenters. The number of carbonyl (C=O) groups is 1. The number of carbonyl (C=O) groups excluding carboxylic acids is 1. The molecule has 2 aliphatic rings. The minimum atomic E-state index is -0.324. The first-order chi connectivity index (χ1) is 18.7. The van der Waals surface area contributed by atoms with Crippen LogP contribution in [0, 0.1) is 0 Å². The molecule has 5 rings (SSSR count). The van der Waals surface area contributed by atoms with Crippen LogP contribution in [0.5, 0.6) is 5.75 Å². The number of hydrogen-bond acceptors (Lipinski definition) is 6. The van der Waals surface area contributed by atoms with Crippen LogP contribution < -0.4 is 4.74 Å². The van der Waals surface area contributed by atoms with Crippen molar-refractivity contribution < 1.29 is 14.3 Å². The molecule has 0 aliphatic carbocycles. The fourth-order valence-corrected chi connectivity index (χ4v) is 5.53. The Morgan fingerprint density at radius 2 is 1.84 bits per heavy atom. The van der Waals surface area contributed by atoms with Crippen molar-refractivity contribution in [2.75, 3.05) is 20.2 Å². The lowest BCUT2D eigenvalue weighted by molar-refractivity contribution is 0.0271. The molecule has 1 saturated heterocycles. The average molecular weight is 515 g/mol. The van der Waals surface area contributed by atoms with E-state index in [1.807, 2.05) is 22.9 Å². The summed E-state index contributed by atoms with van der Waals surface area (Å²) in [5.41, 5.74) is 3.68. The number of aromatic nitrogens is 3. The zero-order chi connectivity index (χ0) is 26.2. The smallest absolute Gasteiger partial charge is 0.342 e. The van der Waals surface area contributed by atoms with Crippen LogP contribution in [-0.2, 0) is 24.1 Å². The molecule has 0 N–H and O–H groups in total. The van der Waals surface area contributed by atoms with E-state index in [1.54, 1.807) is 7.11 Å². The average Bonchev–Trinajstić information content (AvgIpc) is 3.41. The molecule has 1 fully saturated rings. The fraction of sp³-hybridized carbons (Fsp3) is 0.452. The number of hydrogen-bond donors (Lipinski definition) is 0. The highest BCUT2D eigenvalue weighted by atomic mass is 16.5. The summed E-state index contributed by atoms with van der Waals surface area (Å²) in [6, 6.07) is 16.7. The van der Waals surface area contributed by atoms with Gasteiger partial charge in [-0.1, -0.05) is 59.8 Å². The van der Waals surface area contributed by atoms with Crippen molar-refractivity contribution in [3.05, 3.63) is 89.3 Å². The predicted octanol–water partition coefficient (Wildman–Crippen LogP) is 5.56. The Kier molecular flexibility index (Phi) is 8.86. The van der Waals surface area contributed by atoms with Crippen molar-refractivity contribution in [1.29, 1.82) is 0 Å². The summed E-state index contributed by atoms with van der Waals surface area (Å²) in [7, 11) is 1.59. The normalized spacial score (nSPS) is 20.6. The van der Waals surface area contributed by atoms with Crippen LogP contribution in [0.3, 0.4) is 0 Å². The first-order valence-electron chi connectivity index (χ1n) is 13.9. The van der Waals surface area contributed by atoms with Gasteiger partial charge in [0.1, 0.15) is 17.4 Å². The summed E-state index contributed by atoms with van der Waals surface area (Å²) in [4.78, 5) is 15.9. The topological polar surface area (TPSA) is 69.5 Å². The molecular weight excluding hydrogens is 476 g/mol. The molecule has 200 valence electrons. The number of cyclic esters (lactones) is 1. The van der Waals surface area contributed by atoms with Crippen molar-refractivity contribution in [2.45, 2.75) is 70.1 Å². The van der Waals surface area contributed by atoms with E-state index in [2.05, 4.69) is 63.9 Å². The van der Waals surface area contributed by atoms with Crippen LogP contribution in [0.15, 0.2) is 66.9 Å². The number of methoxy groups -OCH3 is 1. The first-order valence-corrected chi connectivity index (χ1v) is 13.9. The van der Waals surface area contributed by atoms with E-state index in [0.29, 0.717) is 30.2 Å². The number of esters is 1. The summed E-state index contributed by atoms with van der Waals surface area (Å²) in [5, 5.41) is 8.96. The Bertz CT molecular complexity index is 1210. The molecule has 2 aromatic carbocycles. The van der Waals surface area contributed by atoms with Crippen molar-refractivity contribution in [1.82, 2.24) is 19.9 Å². The lowest BCUT2D eigenvalue weighted by atomic mass is 10.0. The van der Waals surface area contributed by atoms with Crippen LogP contribution in [0.2, 0.25) is 0 Å². The number of likely N-dealkylation sites (tertiary alicyclic amines) is 1. The monoisotopic (exact) mass is 514 g/mol. The zero-order valence-electron chi connectivity index (χ0n) is 22.3. The van der Waals surface area contributed by atoms with Gasteiger partial charge < -0.3 is 9.47 Å². The number of ether oxygens (including phenoxy) is 2. The maximum atomic E-state index is 13.3. The van der Waals surface area contributed by atoms with Crippen molar-refractivity contribution in [3.63, 3.8) is 0 Å². The fourth-order valence-electron chi connectivity index (χ4n) is 5.53. The van der Waals surface area contributed by atoms with E-state index in [4.69, 9.17) is 9.47 Å². The van der Waals surface area contributed by atoms with Gasteiger partial charge in [-0.2, -0.15) is 0 Å². The van der Waals surface area contributed by atoms with E-state index >= 15 is 0 Å². The molecule has 7 heteroatoms. The lowest BCUT2D eigenvalue weighted by Crippen LogP contribution is -2.34. The Hall–Kier alpha value is -3.45. The number of fused-ring (bicyclic) bond motifs is 1. The van der Waals surface area contributed by atoms with E-state index < -0.39 is 0 Å². The van der Waals surface area contributed by atoms with Crippen LogP contribution >= 0.6 is 0 Å². The number of benzene rings is 2. The molecule has 0 amide bonds. The molecule has 0 bridgehead atoms. The molecule has 0 unspecified atom stereocenters. The van der Waals surface area contributed by atoms with Crippen LogP contribution in [0.1, 0.15) is 71.7 Å². The van der Waals surface area contributed by atoms with Gasteiger partial charge in [-0.3, -0.25) is 4.90 Å². The Morgan fingerprint density at radius 1 is 1.00 bits per heavy atom. The van der Waals surface area contributed by atoms with Gasteiger partial charge >= 0.3 is 5.97 Å². The van der Waals surface area contributed by atoms with Crippen molar-refractivity contribution in [3.8, 4) is 5.75 Å². The number of piperidine rings is 1. The summed E-state index contributed by atoms with van der Waals surface area (Å²) in [5.74, 6) is 0.232. The summed E-state index contributed by atoms with van der Waals surface area (Å²) >= 11 is 0. The highest BCUT2D eigenvalue weighted by Crippen LogP contribution is 2.27. The molecular formula is C31H38N4O3. The third-order valence-electron chi connectivity index (χ3n) is 7.64. The molecule has 0 radical (unpaired) electrons. The second-order valence-electron chi connectivity index (χ2n) is 10.4. The van der Waals surface area contributed by atoms with E-state index in [9.17, 15) is 4.79 Å². The first kappa shape index (κ1) is 26.2. The second kappa shape index (κ2) is 12.9. The van der Waals surface area contributed by atoms with Crippen LogP contribution in [0.4, 0.5) is 0 Å². The SMILES string of the molecule is COc1cccc2c1C(=O)O[C@@H](Cc1cn(C3CCN(Cc4ccccc4)CC3)nn1)CCCC/C=C\C2. The van der Waals surface area contributed by atoms with Crippen molar-refractivity contribution in [2.24, 2.45) is 0 Å². The summed E-state index contributed by atoms with van der Waals surface area (Å²) in [6.07, 6.45) is 13.4. The molecule has 3 aromatic rings. The largest absolute Gasteiger partial charge is 0.496 e. The molecule has 0 spiro atoms. The maximum absolute atomic E-state index is 13.3. The predicted molar refractivity (Wildman–Crippen MR) is 147 cm³/mol. The quantitative estimate of drug-likeness (QED) is 0.317. The Balaban J connectivity index is 1.22. The van der Waals surface area contributed by atoms with Gasteiger partial charge in [-0.15, -0.1) is 5.10 Å². The minimum absolute atomic E-state index is 0.249. The minimum Gasteiger partial charge on any atom is -0.496 e. The standard InChI is InChI=1S/C31H38N4O3/c1-37-29-16-10-14-25-13-8-3-2-4-9-15-28(38-31(36)30(25)29)21-26-23-35(33-32-26)27-17-19-34(20-18-27)22-24-11-6-5-7-12-24/h3,5-8,10-12,14,16,23,27-28H,2,4,9,13,15,17-22H2,1H3/b8-3-/t28-/m1/s1. The van der Waals surface area contributed by atoms with E-state index in [1.165, 1.54) is 5.56 Å². The molecule has 0 saturated carbocycles. The summed E-state index contributed by atoms with van der Waals surface area (Å²) in [6.45, 7) is 3.09. The van der Waals surface area contributed by atoms with Gasteiger partial charge in [0.25, 0.3) is 0 Å². The number of rotatable bonds is 6. The summed E-state index contributed by atoms with van der Waals surface area (Å²) < 4.78 is 13.6. The third kappa shape index (κ3) is 6.70. The van der Waals surface area contributed by atoms with Gasteiger partial charge in [-0.25, -0.2) is 9.48 Å².